The molecule has 2 N–H and O–H groups in total. The Hall–Kier alpha value is -2.16. The molecule has 1 heterocycles. The van der Waals surface area contributed by atoms with Gasteiger partial charge in [-0.25, -0.2) is 14.6 Å². The number of carbonyl (C=O) groups excluding carboxylic acids is 1. The number of carbonyl (C=O) groups is 2. The normalized spacial score (nSPS) is 11.9. The Morgan fingerprint density at radius 1 is 1.48 bits per heavy atom. The fraction of sp³-hybridized carbons (Fsp3) is 0.500. The first-order valence-corrected chi connectivity index (χ1v) is 7.00. The third kappa shape index (κ3) is 5.78. The van der Waals surface area contributed by atoms with Gasteiger partial charge < -0.3 is 14.7 Å². The first-order valence-electron chi connectivity index (χ1n) is 6.12. The van der Waals surface area contributed by atoms with Gasteiger partial charge in [0.15, 0.2) is 5.13 Å². The summed E-state index contributed by atoms with van der Waals surface area (Å²) in [7, 11) is 0. The fourth-order valence-corrected chi connectivity index (χ4v) is 1.84. The molecule has 0 unspecified atom stereocenters. The molecule has 0 fully saturated rings. The second-order valence-corrected chi connectivity index (χ2v) is 5.69. The third-order valence-electron chi connectivity index (χ3n) is 1.84. The fourth-order valence-electron chi connectivity index (χ4n) is 1.16. The Morgan fingerprint density at radius 3 is 2.67 bits per heavy atom. The Kier molecular flexibility index (Phi) is 5.65. The van der Waals surface area contributed by atoms with Gasteiger partial charge in [0.2, 0.25) is 5.71 Å². The lowest BCUT2D eigenvalue weighted by molar-refractivity contribution is -0.129. The standard InChI is InChI=1S/C12H17N3O5S/c1-5-19-15-8(9(16)17)7-6-21-10(13-7)14-11(18)20-12(2,3)4/h6H,5H2,1-4H3,(H,16,17)(H,13,14,18). The summed E-state index contributed by atoms with van der Waals surface area (Å²) in [4.78, 5) is 31.3. The number of anilines is 1. The van der Waals surface area contributed by atoms with Crippen LogP contribution in [0.4, 0.5) is 9.93 Å². The molecule has 0 aromatic carbocycles. The molecule has 9 heteroatoms. The highest BCUT2D eigenvalue weighted by Gasteiger charge is 2.20. The van der Waals surface area contributed by atoms with Gasteiger partial charge in [0, 0.05) is 5.38 Å². The third-order valence-corrected chi connectivity index (χ3v) is 2.60. The predicted octanol–water partition coefficient (Wildman–Crippen LogP) is 2.32. The van der Waals surface area contributed by atoms with Gasteiger partial charge >= 0.3 is 12.1 Å². The second kappa shape index (κ2) is 7.02. The molecule has 0 radical (unpaired) electrons. The highest BCUT2D eigenvalue weighted by Crippen LogP contribution is 2.18. The summed E-state index contributed by atoms with van der Waals surface area (Å²) in [5.41, 5.74) is -0.857. The number of aliphatic carboxylic acids is 1. The number of aromatic nitrogens is 1. The van der Waals surface area contributed by atoms with E-state index in [0.29, 0.717) is 0 Å². The van der Waals surface area contributed by atoms with Crippen molar-refractivity contribution in [3.63, 3.8) is 0 Å². The van der Waals surface area contributed by atoms with Gasteiger partial charge in [0.05, 0.1) is 0 Å². The number of thiazole rings is 1. The Balaban J connectivity index is 2.80. The molecule has 1 aromatic heterocycles. The summed E-state index contributed by atoms with van der Waals surface area (Å²) in [6.45, 7) is 7.12. The van der Waals surface area contributed by atoms with E-state index in [2.05, 4.69) is 15.5 Å². The van der Waals surface area contributed by atoms with Crippen LogP contribution in [0.3, 0.4) is 0 Å². The Labute approximate surface area is 125 Å². The van der Waals surface area contributed by atoms with Crippen molar-refractivity contribution in [2.45, 2.75) is 33.3 Å². The summed E-state index contributed by atoms with van der Waals surface area (Å²) in [5, 5.41) is 16.6. The Morgan fingerprint density at radius 2 is 2.14 bits per heavy atom. The highest BCUT2D eigenvalue weighted by molar-refractivity contribution is 7.14. The number of nitrogens with one attached hydrogen (secondary N) is 1. The molecule has 0 saturated carbocycles. The van der Waals surface area contributed by atoms with Gasteiger partial charge in [-0.15, -0.1) is 11.3 Å². The quantitative estimate of drug-likeness (QED) is 0.637. The number of hydrogen-bond donors (Lipinski definition) is 2. The number of carboxylic acid groups (broad SMARTS) is 1. The summed E-state index contributed by atoms with van der Waals surface area (Å²) in [5.74, 6) is -1.27. The first-order chi connectivity index (χ1) is 9.73. The summed E-state index contributed by atoms with van der Waals surface area (Å²) in [6, 6.07) is 0. The van der Waals surface area contributed by atoms with Gasteiger partial charge in [-0.1, -0.05) is 5.16 Å². The molecule has 0 atom stereocenters. The number of nitrogens with zero attached hydrogens (tertiary/aromatic N) is 2. The van der Waals surface area contributed by atoms with Crippen LogP contribution in [-0.2, 0) is 14.4 Å². The van der Waals surface area contributed by atoms with E-state index >= 15 is 0 Å². The zero-order valence-electron chi connectivity index (χ0n) is 12.2. The minimum absolute atomic E-state index is 0.104. The molecule has 0 bridgehead atoms. The van der Waals surface area contributed by atoms with Crippen LogP contribution >= 0.6 is 11.3 Å². The summed E-state index contributed by atoms with van der Waals surface area (Å²) >= 11 is 1.06. The number of oxime groups is 1. The number of carboxylic acids is 1. The molecule has 0 aliphatic rings. The maximum atomic E-state index is 11.6. The minimum atomic E-state index is -1.27. The van der Waals surface area contributed by atoms with Crippen molar-refractivity contribution in [1.29, 1.82) is 0 Å². The van der Waals surface area contributed by atoms with E-state index in [9.17, 15) is 9.59 Å². The SMILES string of the molecule is CCON=C(C(=O)O)c1csc(NC(=O)OC(C)(C)C)n1. The zero-order valence-corrected chi connectivity index (χ0v) is 13.0. The molecule has 0 aliphatic heterocycles. The molecule has 0 spiro atoms. The maximum Gasteiger partial charge on any atom is 0.413 e. The van der Waals surface area contributed by atoms with Crippen molar-refractivity contribution in [3.8, 4) is 0 Å². The van der Waals surface area contributed by atoms with E-state index in [1.54, 1.807) is 27.7 Å². The molecule has 21 heavy (non-hydrogen) atoms. The maximum absolute atomic E-state index is 11.6. The van der Waals surface area contributed by atoms with Crippen LogP contribution in [0.1, 0.15) is 33.4 Å². The topological polar surface area (TPSA) is 110 Å². The van der Waals surface area contributed by atoms with Crippen LogP contribution in [0.25, 0.3) is 0 Å². The van der Waals surface area contributed by atoms with E-state index in [-0.39, 0.29) is 23.1 Å². The van der Waals surface area contributed by atoms with Gasteiger partial charge in [0.1, 0.15) is 17.9 Å². The highest BCUT2D eigenvalue weighted by atomic mass is 32.1. The number of hydrogen-bond acceptors (Lipinski definition) is 7. The van der Waals surface area contributed by atoms with Crippen LogP contribution in [0.5, 0.6) is 0 Å². The van der Waals surface area contributed by atoms with Crippen molar-refractivity contribution in [3.05, 3.63) is 11.1 Å². The summed E-state index contributed by atoms with van der Waals surface area (Å²) < 4.78 is 5.07. The lowest BCUT2D eigenvalue weighted by Gasteiger charge is -2.18. The Bertz CT molecular complexity index is 547. The van der Waals surface area contributed by atoms with E-state index in [1.165, 1.54) is 5.38 Å². The number of rotatable bonds is 5. The molecular weight excluding hydrogens is 298 g/mol. The van der Waals surface area contributed by atoms with Gasteiger partial charge in [-0.05, 0) is 27.7 Å². The molecular formula is C12H17N3O5S. The molecule has 116 valence electrons. The molecule has 0 saturated heterocycles. The average Bonchev–Trinajstić information content (AvgIpc) is 2.74. The van der Waals surface area contributed by atoms with Crippen molar-refractivity contribution in [1.82, 2.24) is 4.98 Å². The van der Waals surface area contributed by atoms with E-state index in [1.807, 2.05) is 0 Å². The molecule has 8 nitrogen and oxygen atoms in total. The van der Waals surface area contributed by atoms with Gasteiger partial charge in [0.25, 0.3) is 0 Å². The van der Waals surface area contributed by atoms with Crippen LogP contribution in [0, 0.1) is 0 Å². The largest absolute Gasteiger partial charge is 0.476 e. The van der Waals surface area contributed by atoms with Crippen LogP contribution in [0.15, 0.2) is 10.5 Å². The average molecular weight is 315 g/mol. The van der Waals surface area contributed by atoms with Gasteiger partial charge in [-0.3, -0.25) is 5.32 Å². The van der Waals surface area contributed by atoms with Crippen molar-refractivity contribution in [2.24, 2.45) is 5.16 Å². The smallest absolute Gasteiger partial charge is 0.413 e. The van der Waals surface area contributed by atoms with Crippen molar-refractivity contribution < 1.29 is 24.3 Å². The summed E-state index contributed by atoms with van der Waals surface area (Å²) in [6.07, 6.45) is -0.665. The lowest BCUT2D eigenvalue weighted by Crippen LogP contribution is -2.27. The molecule has 0 aliphatic carbocycles. The van der Waals surface area contributed by atoms with E-state index < -0.39 is 17.7 Å². The lowest BCUT2D eigenvalue weighted by atomic mass is 10.2. The first kappa shape index (κ1) is 16.9. The van der Waals surface area contributed by atoms with Crippen LogP contribution < -0.4 is 5.32 Å². The van der Waals surface area contributed by atoms with Crippen LogP contribution in [-0.4, -0.2) is 40.1 Å². The predicted molar refractivity (Wildman–Crippen MR) is 77.8 cm³/mol. The number of amides is 1. The number of ether oxygens (including phenoxy) is 1. The van der Waals surface area contributed by atoms with E-state index in [0.717, 1.165) is 11.3 Å². The van der Waals surface area contributed by atoms with Gasteiger partial charge in [-0.2, -0.15) is 0 Å². The molecule has 1 rings (SSSR count). The molecule has 1 aromatic rings. The van der Waals surface area contributed by atoms with Crippen LogP contribution in [0.2, 0.25) is 0 Å². The van der Waals surface area contributed by atoms with Crippen molar-refractivity contribution in [2.75, 3.05) is 11.9 Å². The van der Waals surface area contributed by atoms with E-state index in [4.69, 9.17) is 14.7 Å². The molecule has 1 amide bonds. The van der Waals surface area contributed by atoms with Crippen molar-refractivity contribution >= 4 is 34.2 Å². The monoisotopic (exact) mass is 315 g/mol. The minimum Gasteiger partial charge on any atom is -0.476 e. The second-order valence-electron chi connectivity index (χ2n) is 4.83. The zero-order chi connectivity index (χ0) is 16.0.